The van der Waals surface area contributed by atoms with Gasteiger partial charge < -0.3 is 14.4 Å². The first kappa shape index (κ1) is 20.6. The molecule has 7 heteroatoms. The Labute approximate surface area is 170 Å². The number of amides is 1. The number of nitrogens with zero attached hydrogens (tertiary/aromatic N) is 2. The molecule has 1 heterocycles. The van der Waals surface area contributed by atoms with Gasteiger partial charge in [0.1, 0.15) is 11.5 Å². The predicted molar refractivity (Wildman–Crippen MR) is 110 cm³/mol. The Hall–Kier alpha value is -3.09. The van der Waals surface area contributed by atoms with Crippen molar-refractivity contribution in [2.45, 2.75) is 38.7 Å². The van der Waals surface area contributed by atoms with Crippen LogP contribution in [0.4, 0.5) is 5.69 Å². The molecule has 7 nitrogen and oxygen atoms in total. The van der Waals surface area contributed by atoms with E-state index in [1.165, 1.54) is 12.1 Å². The third-order valence-corrected chi connectivity index (χ3v) is 5.14. The van der Waals surface area contributed by atoms with Gasteiger partial charge in [-0.2, -0.15) is 0 Å². The van der Waals surface area contributed by atoms with E-state index in [1.807, 2.05) is 17.0 Å². The summed E-state index contributed by atoms with van der Waals surface area (Å²) in [6, 6.07) is 11.6. The molecule has 2 aromatic rings. The quantitative estimate of drug-likeness (QED) is 0.531. The summed E-state index contributed by atoms with van der Waals surface area (Å²) in [5.41, 5.74) is 1.28. The zero-order chi connectivity index (χ0) is 20.8. The molecule has 0 aromatic heterocycles. The van der Waals surface area contributed by atoms with E-state index in [2.05, 4.69) is 0 Å². The first-order chi connectivity index (χ1) is 14.0. The Kier molecular flexibility index (Phi) is 6.69. The average molecular weight is 398 g/mol. The molecule has 1 saturated heterocycles. The third-order valence-electron chi connectivity index (χ3n) is 5.14. The molecule has 0 aliphatic carbocycles. The van der Waals surface area contributed by atoms with Crippen molar-refractivity contribution in [3.05, 3.63) is 52.6 Å². The number of hydrogen-bond acceptors (Lipinski definition) is 5. The van der Waals surface area contributed by atoms with E-state index < -0.39 is 11.0 Å². The van der Waals surface area contributed by atoms with E-state index >= 15 is 0 Å². The van der Waals surface area contributed by atoms with Gasteiger partial charge in [0, 0.05) is 30.8 Å². The normalized spacial score (nSPS) is 15.3. The second kappa shape index (κ2) is 9.41. The summed E-state index contributed by atoms with van der Waals surface area (Å²) in [5.74, 6) is 1.08. The molecular formula is C22H26N2O5. The smallest absolute Gasteiger partial charge is 0.270 e. The second-order valence-electron chi connectivity index (χ2n) is 7.17. The van der Waals surface area contributed by atoms with E-state index in [-0.39, 0.29) is 11.6 Å². The van der Waals surface area contributed by atoms with Gasteiger partial charge in [-0.3, -0.25) is 14.9 Å². The molecule has 1 fully saturated rings. The van der Waals surface area contributed by atoms with Gasteiger partial charge in [0.05, 0.1) is 12.0 Å². The Morgan fingerprint density at radius 3 is 2.31 bits per heavy atom. The molecule has 0 radical (unpaired) electrons. The number of rotatable bonds is 6. The number of nitro groups is 1. The number of likely N-dealkylation sites (tertiary alicyclic amines) is 1. The number of benzene rings is 2. The molecule has 154 valence electrons. The topological polar surface area (TPSA) is 81.9 Å². The number of nitro benzene ring substituents is 1. The van der Waals surface area contributed by atoms with Crippen LogP contribution in [0, 0.1) is 10.1 Å². The summed E-state index contributed by atoms with van der Waals surface area (Å²) >= 11 is 0. The SMILES string of the molecule is COc1ccc(-c2cc([N+](=O)[O-])ccc2O[C@@H](C)C(=O)N2CCCCCC2)cc1. The van der Waals surface area contributed by atoms with Crippen molar-refractivity contribution >= 4 is 11.6 Å². The Balaban J connectivity index is 1.87. The van der Waals surface area contributed by atoms with Crippen molar-refractivity contribution in [3.63, 3.8) is 0 Å². The van der Waals surface area contributed by atoms with Crippen molar-refractivity contribution in [2.75, 3.05) is 20.2 Å². The summed E-state index contributed by atoms with van der Waals surface area (Å²) < 4.78 is 11.2. The molecule has 3 rings (SSSR count). The summed E-state index contributed by atoms with van der Waals surface area (Å²) in [4.78, 5) is 25.5. The molecule has 0 spiro atoms. The largest absolute Gasteiger partial charge is 0.497 e. The van der Waals surface area contributed by atoms with Crippen LogP contribution in [0.15, 0.2) is 42.5 Å². The maximum Gasteiger partial charge on any atom is 0.270 e. The van der Waals surface area contributed by atoms with Crippen molar-refractivity contribution in [1.82, 2.24) is 4.90 Å². The van der Waals surface area contributed by atoms with Gasteiger partial charge in [0.25, 0.3) is 11.6 Å². The molecule has 0 unspecified atom stereocenters. The van der Waals surface area contributed by atoms with Gasteiger partial charge in [-0.05, 0) is 43.5 Å². The highest BCUT2D eigenvalue weighted by Crippen LogP contribution is 2.35. The number of methoxy groups -OCH3 is 1. The van der Waals surface area contributed by atoms with Crippen LogP contribution in [-0.4, -0.2) is 42.0 Å². The first-order valence-electron chi connectivity index (χ1n) is 9.88. The van der Waals surface area contributed by atoms with Crippen molar-refractivity contribution in [1.29, 1.82) is 0 Å². The first-order valence-corrected chi connectivity index (χ1v) is 9.88. The van der Waals surface area contributed by atoms with Crippen LogP contribution >= 0.6 is 0 Å². The minimum Gasteiger partial charge on any atom is -0.497 e. The zero-order valence-corrected chi connectivity index (χ0v) is 16.8. The fourth-order valence-corrected chi connectivity index (χ4v) is 3.52. The second-order valence-corrected chi connectivity index (χ2v) is 7.17. The highest BCUT2D eigenvalue weighted by atomic mass is 16.6. The molecule has 1 aliphatic heterocycles. The average Bonchev–Trinajstić information content (AvgIpc) is 3.03. The van der Waals surface area contributed by atoms with E-state index in [0.29, 0.717) is 17.1 Å². The van der Waals surface area contributed by atoms with Crippen LogP contribution in [0.2, 0.25) is 0 Å². The number of ether oxygens (including phenoxy) is 2. The number of hydrogen-bond donors (Lipinski definition) is 0. The van der Waals surface area contributed by atoms with Crippen molar-refractivity contribution in [3.8, 4) is 22.6 Å². The van der Waals surface area contributed by atoms with Crippen LogP contribution in [0.1, 0.15) is 32.6 Å². The fraction of sp³-hybridized carbons (Fsp3) is 0.409. The lowest BCUT2D eigenvalue weighted by atomic mass is 10.0. The number of non-ortho nitro benzene ring substituents is 1. The van der Waals surface area contributed by atoms with Crippen LogP contribution in [-0.2, 0) is 4.79 Å². The van der Waals surface area contributed by atoms with E-state index in [4.69, 9.17) is 9.47 Å². The van der Waals surface area contributed by atoms with Crippen LogP contribution < -0.4 is 9.47 Å². The molecule has 0 N–H and O–H groups in total. The van der Waals surface area contributed by atoms with Crippen LogP contribution in [0.3, 0.4) is 0 Å². The molecule has 2 aromatic carbocycles. The van der Waals surface area contributed by atoms with Gasteiger partial charge in [0.2, 0.25) is 0 Å². The van der Waals surface area contributed by atoms with Crippen molar-refractivity contribution in [2.24, 2.45) is 0 Å². The van der Waals surface area contributed by atoms with Gasteiger partial charge in [0.15, 0.2) is 6.10 Å². The fourth-order valence-electron chi connectivity index (χ4n) is 3.52. The van der Waals surface area contributed by atoms with E-state index in [9.17, 15) is 14.9 Å². The minimum atomic E-state index is -0.674. The summed E-state index contributed by atoms with van der Waals surface area (Å²) in [6.45, 7) is 3.22. The Bertz CT molecular complexity index is 858. The lowest BCUT2D eigenvalue weighted by molar-refractivity contribution is -0.384. The third kappa shape index (κ3) is 5.04. The Morgan fingerprint density at radius 1 is 1.07 bits per heavy atom. The van der Waals surface area contributed by atoms with Gasteiger partial charge in [-0.1, -0.05) is 25.0 Å². The molecule has 1 amide bonds. The predicted octanol–water partition coefficient (Wildman–Crippen LogP) is 4.44. The van der Waals surface area contributed by atoms with E-state index in [1.54, 1.807) is 32.2 Å². The van der Waals surface area contributed by atoms with Gasteiger partial charge in [-0.25, -0.2) is 0 Å². The molecule has 0 saturated carbocycles. The minimum absolute atomic E-state index is 0.0327. The summed E-state index contributed by atoms with van der Waals surface area (Å²) in [7, 11) is 1.58. The number of carbonyl (C=O) groups excluding carboxylic acids is 1. The molecule has 1 aliphatic rings. The molecule has 29 heavy (non-hydrogen) atoms. The molecular weight excluding hydrogens is 372 g/mol. The maximum absolute atomic E-state index is 12.8. The van der Waals surface area contributed by atoms with Crippen molar-refractivity contribution < 1.29 is 19.2 Å². The molecule has 1 atom stereocenters. The van der Waals surface area contributed by atoms with Crippen LogP contribution in [0.25, 0.3) is 11.1 Å². The molecule has 0 bridgehead atoms. The van der Waals surface area contributed by atoms with Crippen LogP contribution in [0.5, 0.6) is 11.5 Å². The lowest BCUT2D eigenvalue weighted by Gasteiger charge is -2.25. The monoisotopic (exact) mass is 398 g/mol. The summed E-state index contributed by atoms with van der Waals surface area (Å²) in [5, 5.41) is 11.2. The standard InChI is InChI=1S/C22H26N2O5/c1-16(22(25)23-13-5-3-4-6-14-23)29-21-12-9-18(24(26)27)15-20(21)17-7-10-19(28-2)11-8-17/h7-12,15-16H,3-6,13-14H2,1-2H3/t16-/m0/s1. The van der Waals surface area contributed by atoms with E-state index in [0.717, 1.165) is 44.3 Å². The number of carbonyl (C=O) groups is 1. The highest BCUT2D eigenvalue weighted by molar-refractivity contribution is 5.81. The summed E-state index contributed by atoms with van der Waals surface area (Å²) in [6.07, 6.45) is 3.62. The highest BCUT2D eigenvalue weighted by Gasteiger charge is 2.24. The lowest BCUT2D eigenvalue weighted by Crippen LogP contribution is -2.41. The Morgan fingerprint density at radius 2 is 1.72 bits per heavy atom. The van der Waals surface area contributed by atoms with Gasteiger partial charge >= 0.3 is 0 Å². The zero-order valence-electron chi connectivity index (χ0n) is 16.8. The van der Waals surface area contributed by atoms with Gasteiger partial charge in [-0.15, -0.1) is 0 Å². The maximum atomic E-state index is 12.8.